The molecule has 0 unspecified atom stereocenters. The van der Waals surface area contributed by atoms with Crippen LogP contribution < -0.4 is 5.32 Å². The zero-order valence-electron chi connectivity index (χ0n) is 17.3. The maximum absolute atomic E-state index is 12.8. The molecule has 3 fully saturated rings. The molecule has 7 nitrogen and oxygen atoms in total. The van der Waals surface area contributed by atoms with Gasteiger partial charge in [-0.2, -0.15) is 0 Å². The molecule has 1 aromatic rings. The molecule has 4 rings (SSSR count). The Labute approximate surface area is 172 Å². The fourth-order valence-corrected chi connectivity index (χ4v) is 4.52. The maximum Gasteiger partial charge on any atom is 0.253 e. The summed E-state index contributed by atoms with van der Waals surface area (Å²) in [6, 6.07) is 4.20. The largest absolute Gasteiger partial charge is 0.378 e. The van der Waals surface area contributed by atoms with E-state index in [-0.39, 0.29) is 17.9 Å². The third-order valence-electron chi connectivity index (χ3n) is 6.46. The summed E-state index contributed by atoms with van der Waals surface area (Å²) in [4.78, 5) is 34.0. The summed E-state index contributed by atoms with van der Waals surface area (Å²) < 4.78 is 5.37. The van der Waals surface area contributed by atoms with Crippen molar-refractivity contribution >= 4 is 11.8 Å². The van der Waals surface area contributed by atoms with Gasteiger partial charge in [-0.1, -0.05) is 0 Å². The second kappa shape index (κ2) is 9.22. The van der Waals surface area contributed by atoms with Gasteiger partial charge in [0.2, 0.25) is 5.91 Å². The Morgan fingerprint density at radius 1 is 1.17 bits per heavy atom. The van der Waals surface area contributed by atoms with E-state index in [1.165, 1.54) is 12.8 Å². The molecule has 0 radical (unpaired) electrons. The van der Waals surface area contributed by atoms with E-state index in [1.807, 2.05) is 17.9 Å². The molecular formula is C22H32N4O3. The van der Waals surface area contributed by atoms with Crippen molar-refractivity contribution in [1.82, 2.24) is 20.1 Å². The lowest BCUT2D eigenvalue weighted by atomic mass is 10.1. The van der Waals surface area contributed by atoms with E-state index in [0.717, 1.165) is 31.0 Å². The quantitative estimate of drug-likeness (QED) is 0.753. The van der Waals surface area contributed by atoms with Gasteiger partial charge in [0.25, 0.3) is 5.91 Å². The fraction of sp³-hybridized carbons (Fsp3) is 0.682. The number of hydrogen-bond acceptors (Lipinski definition) is 5. The number of carbonyl (C=O) groups is 2. The number of nitrogens with one attached hydrogen (secondary N) is 1. The number of pyridine rings is 1. The van der Waals surface area contributed by atoms with Crippen molar-refractivity contribution < 1.29 is 14.3 Å². The van der Waals surface area contributed by atoms with E-state index in [2.05, 4.69) is 15.2 Å². The minimum atomic E-state index is -0.0604. The molecule has 1 N–H and O–H groups in total. The third kappa shape index (κ3) is 5.14. The number of ether oxygens (including phenoxy) is 1. The number of aryl methyl sites for hydroxylation is 1. The van der Waals surface area contributed by atoms with Gasteiger partial charge >= 0.3 is 0 Å². The Hall–Kier alpha value is -1.99. The van der Waals surface area contributed by atoms with Crippen LogP contribution in [-0.2, 0) is 9.53 Å². The lowest BCUT2D eigenvalue weighted by Gasteiger charge is -2.33. The molecule has 2 aliphatic heterocycles. The van der Waals surface area contributed by atoms with Gasteiger partial charge in [0.1, 0.15) is 0 Å². The molecule has 0 spiro atoms. The van der Waals surface area contributed by atoms with Crippen LogP contribution in [0.3, 0.4) is 0 Å². The van der Waals surface area contributed by atoms with Crippen LogP contribution in [0.2, 0.25) is 0 Å². The first-order valence-corrected chi connectivity index (χ1v) is 10.9. The summed E-state index contributed by atoms with van der Waals surface area (Å²) >= 11 is 0. The molecule has 1 aromatic heterocycles. The van der Waals surface area contributed by atoms with Crippen LogP contribution in [0.15, 0.2) is 18.3 Å². The lowest BCUT2D eigenvalue weighted by molar-refractivity contribution is -0.136. The third-order valence-corrected chi connectivity index (χ3v) is 6.46. The number of nitrogens with zero attached hydrogens (tertiary/aromatic N) is 3. The number of morpholine rings is 1. The number of rotatable bonds is 7. The molecule has 7 heteroatoms. The Morgan fingerprint density at radius 2 is 1.93 bits per heavy atom. The molecular weight excluding hydrogens is 368 g/mol. The number of likely N-dealkylation sites (tertiary alicyclic amines) is 1. The summed E-state index contributed by atoms with van der Waals surface area (Å²) in [6.07, 6.45) is 6.91. The summed E-state index contributed by atoms with van der Waals surface area (Å²) in [5.74, 6) is 0.942. The highest BCUT2D eigenvalue weighted by molar-refractivity contribution is 5.95. The maximum atomic E-state index is 12.8. The summed E-state index contributed by atoms with van der Waals surface area (Å²) in [6.45, 7) is 6.23. The molecule has 0 aromatic carbocycles. The van der Waals surface area contributed by atoms with E-state index in [4.69, 9.17) is 4.74 Å². The number of amides is 2. The van der Waals surface area contributed by atoms with Crippen LogP contribution >= 0.6 is 0 Å². The summed E-state index contributed by atoms with van der Waals surface area (Å²) in [7, 11) is 0. The normalized spacial score (nSPS) is 25.2. The zero-order valence-corrected chi connectivity index (χ0v) is 17.3. The first-order chi connectivity index (χ1) is 14.1. The van der Waals surface area contributed by atoms with Crippen LogP contribution in [-0.4, -0.2) is 78.1 Å². The molecule has 1 aliphatic carbocycles. The van der Waals surface area contributed by atoms with E-state index in [9.17, 15) is 9.59 Å². The SMILES string of the molecule is Cc1ncccc1C(=O)NC[C@@H]1CC[C@H](CC(=O)N2CCOCC2)N1CC1CC1. The van der Waals surface area contributed by atoms with E-state index in [1.54, 1.807) is 12.3 Å². The second-order valence-electron chi connectivity index (χ2n) is 8.57. The summed E-state index contributed by atoms with van der Waals surface area (Å²) in [5.41, 5.74) is 1.39. The molecule has 0 bridgehead atoms. The fourth-order valence-electron chi connectivity index (χ4n) is 4.52. The first-order valence-electron chi connectivity index (χ1n) is 10.9. The van der Waals surface area contributed by atoms with Crippen molar-refractivity contribution in [2.24, 2.45) is 5.92 Å². The highest BCUT2D eigenvalue weighted by atomic mass is 16.5. The van der Waals surface area contributed by atoms with Gasteiger partial charge in [0, 0.05) is 56.6 Å². The average Bonchev–Trinajstić information content (AvgIpc) is 3.49. The van der Waals surface area contributed by atoms with Crippen LogP contribution in [0.25, 0.3) is 0 Å². The monoisotopic (exact) mass is 400 g/mol. The van der Waals surface area contributed by atoms with Crippen molar-refractivity contribution in [3.8, 4) is 0 Å². The molecule has 29 heavy (non-hydrogen) atoms. The smallest absolute Gasteiger partial charge is 0.253 e. The Morgan fingerprint density at radius 3 is 2.66 bits per heavy atom. The van der Waals surface area contributed by atoms with Crippen LogP contribution in [0, 0.1) is 12.8 Å². The second-order valence-corrected chi connectivity index (χ2v) is 8.57. The molecule has 2 amide bonds. The van der Waals surface area contributed by atoms with Crippen molar-refractivity contribution in [2.75, 3.05) is 39.4 Å². The van der Waals surface area contributed by atoms with Crippen molar-refractivity contribution in [1.29, 1.82) is 0 Å². The predicted octanol–water partition coefficient (Wildman–Crippen LogP) is 1.61. The minimum absolute atomic E-state index is 0.0604. The van der Waals surface area contributed by atoms with Crippen LogP contribution in [0.1, 0.15) is 48.2 Å². The van der Waals surface area contributed by atoms with E-state index >= 15 is 0 Å². The van der Waals surface area contributed by atoms with Gasteiger partial charge in [-0.3, -0.25) is 19.5 Å². The zero-order chi connectivity index (χ0) is 20.2. The topological polar surface area (TPSA) is 74.8 Å². The average molecular weight is 401 g/mol. The molecule has 3 aliphatic rings. The first kappa shape index (κ1) is 20.3. The Bertz CT molecular complexity index is 731. The van der Waals surface area contributed by atoms with E-state index < -0.39 is 0 Å². The van der Waals surface area contributed by atoms with Crippen LogP contribution in [0.4, 0.5) is 0 Å². The Balaban J connectivity index is 1.34. The molecule has 2 saturated heterocycles. The van der Waals surface area contributed by atoms with Crippen molar-refractivity contribution in [3.63, 3.8) is 0 Å². The summed E-state index contributed by atoms with van der Waals surface area (Å²) in [5, 5.41) is 3.11. The molecule has 158 valence electrons. The van der Waals surface area contributed by atoms with Gasteiger partial charge in [-0.25, -0.2) is 0 Å². The van der Waals surface area contributed by atoms with Gasteiger partial charge in [-0.15, -0.1) is 0 Å². The molecule has 3 heterocycles. The number of aromatic nitrogens is 1. The highest BCUT2D eigenvalue weighted by Gasteiger charge is 2.38. The van der Waals surface area contributed by atoms with Crippen LogP contribution in [0.5, 0.6) is 0 Å². The van der Waals surface area contributed by atoms with E-state index in [0.29, 0.717) is 50.9 Å². The minimum Gasteiger partial charge on any atom is -0.378 e. The van der Waals surface area contributed by atoms with Crippen molar-refractivity contribution in [2.45, 2.75) is 51.1 Å². The van der Waals surface area contributed by atoms with Gasteiger partial charge in [0.05, 0.1) is 18.8 Å². The van der Waals surface area contributed by atoms with Gasteiger partial charge in [-0.05, 0) is 50.7 Å². The molecule has 1 saturated carbocycles. The Kier molecular flexibility index (Phi) is 6.45. The standard InChI is InChI=1S/C22H32N4O3/c1-16-20(3-2-8-23-16)22(28)24-14-19-7-6-18(26(19)15-17-4-5-17)13-21(27)25-9-11-29-12-10-25/h2-3,8,17-19H,4-7,9-15H2,1H3,(H,24,28)/t18-,19+/m1/s1. The highest BCUT2D eigenvalue weighted by Crippen LogP contribution is 2.35. The molecule has 2 atom stereocenters. The van der Waals surface area contributed by atoms with Gasteiger partial charge in [0.15, 0.2) is 0 Å². The number of hydrogen-bond donors (Lipinski definition) is 1. The van der Waals surface area contributed by atoms with Crippen molar-refractivity contribution in [3.05, 3.63) is 29.6 Å². The van der Waals surface area contributed by atoms with Gasteiger partial charge < -0.3 is 15.0 Å². The number of carbonyl (C=O) groups excluding carboxylic acids is 2. The predicted molar refractivity (Wildman–Crippen MR) is 110 cm³/mol. The lowest BCUT2D eigenvalue weighted by Crippen LogP contribution is -2.47.